The Labute approximate surface area is 115 Å². The first kappa shape index (κ1) is 15.0. The summed E-state index contributed by atoms with van der Waals surface area (Å²) in [6.07, 6.45) is 1.28. The Morgan fingerprint density at radius 2 is 2.05 bits per heavy atom. The number of hydrogen-bond acceptors (Lipinski definition) is 5. The van der Waals surface area contributed by atoms with Gasteiger partial charge in [-0.25, -0.2) is 4.79 Å². The normalized spacial score (nSPS) is 10.3. The minimum Gasteiger partial charge on any atom is -0.497 e. The molecule has 20 heavy (non-hydrogen) atoms. The Morgan fingerprint density at radius 3 is 2.55 bits per heavy atom. The first-order chi connectivity index (χ1) is 9.51. The highest BCUT2D eigenvalue weighted by Gasteiger charge is 2.12. The number of carbonyl (C=O) groups is 2. The molecule has 0 saturated carbocycles. The summed E-state index contributed by atoms with van der Waals surface area (Å²) in [6, 6.07) is 5.55. The third-order valence-corrected chi connectivity index (χ3v) is 2.34. The van der Waals surface area contributed by atoms with E-state index in [2.05, 4.69) is 0 Å². The van der Waals surface area contributed by atoms with Gasteiger partial charge in [-0.15, -0.1) is 0 Å². The number of nitrogens with two attached hydrogens (primary N) is 1. The second kappa shape index (κ2) is 6.80. The number of primary amides is 1. The van der Waals surface area contributed by atoms with Gasteiger partial charge in [-0.3, -0.25) is 10.1 Å². The van der Waals surface area contributed by atoms with Gasteiger partial charge in [0.25, 0.3) is 5.91 Å². The minimum absolute atomic E-state index is 0.282. The maximum Gasteiger partial charge on any atom is 0.319 e. The van der Waals surface area contributed by atoms with E-state index in [9.17, 15) is 9.59 Å². The van der Waals surface area contributed by atoms with Crippen LogP contribution in [0.1, 0.15) is 5.56 Å². The number of nitrogens with one attached hydrogen (secondary N) is 1. The van der Waals surface area contributed by atoms with Gasteiger partial charge in [-0.2, -0.15) is 5.26 Å². The number of methoxy groups -OCH3 is 2. The van der Waals surface area contributed by atoms with Crippen molar-refractivity contribution in [2.45, 2.75) is 0 Å². The highest BCUT2D eigenvalue weighted by Crippen LogP contribution is 2.26. The maximum atomic E-state index is 11.6. The number of urea groups is 1. The van der Waals surface area contributed by atoms with E-state index in [4.69, 9.17) is 20.5 Å². The van der Waals surface area contributed by atoms with E-state index in [1.54, 1.807) is 24.3 Å². The molecule has 0 atom stereocenters. The Balaban J connectivity index is 3.21. The second-order valence-corrected chi connectivity index (χ2v) is 3.60. The van der Waals surface area contributed by atoms with E-state index in [1.807, 2.05) is 5.32 Å². The first-order valence-electron chi connectivity index (χ1n) is 5.46. The highest BCUT2D eigenvalue weighted by molar-refractivity contribution is 6.08. The van der Waals surface area contributed by atoms with Gasteiger partial charge < -0.3 is 15.2 Å². The third-order valence-electron chi connectivity index (χ3n) is 2.34. The van der Waals surface area contributed by atoms with Crippen molar-refractivity contribution in [3.8, 4) is 17.6 Å². The van der Waals surface area contributed by atoms with E-state index in [1.165, 1.54) is 20.3 Å². The van der Waals surface area contributed by atoms with Crippen LogP contribution in [0.4, 0.5) is 4.79 Å². The molecule has 104 valence electrons. The molecule has 3 N–H and O–H groups in total. The molecule has 0 spiro atoms. The number of amides is 3. The van der Waals surface area contributed by atoms with Crippen LogP contribution in [0, 0.1) is 11.3 Å². The zero-order valence-electron chi connectivity index (χ0n) is 11.0. The second-order valence-electron chi connectivity index (χ2n) is 3.60. The van der Waals surface area contributed by atoms with Crippen LogP contribution in [0.25, 0.3) is 6.08 Å². The zero-order chi connectivity index (χ0) is 15.1. The lowest BCUT2D eigenvalue weighted by Crippen LogP contribution is -2.35. The lowest BCUT2D eigenvalue weighted by molar-refractivity contribution is -0.115. The lowest BCUT2D eigenvalue weighted by atomic mass is 10.1. The molecular formula is C13H13N3O4. The average molecular weight is 275 g/mol. The van der Waals surface area contributed by atoms with Crippen molar-refractivity contribution in [1.82, 2.24) is 5.32 Å². The molecule has 0 aliphatic rings. The van der Waals surface area contributed by atoms with Crippen molar-refractivity contribution in [2.24, 2.45) is 5.73 Å². The summed E-state index contributed by atoms with van der Waals surface area (Å²) >= 11 is 0. The molecule has 1 rings (SSSR count). The quantitative estimate of drug-likeness (QED) is 0.623. The molecule has 0 aliphatic heterocycles. The minimum atomic E-state index is -1.03. The number of ether oxygens (including phenoxy) is 2. The van der Waals surface area contributed by atoms with Gasteiger partial charge in [0.15, 0.2) is 0 Å². The maximum absolute atomic E-state index is 11.6. The topological polar surface area (TPSA) is 114 Å². The Bertz CT molecular complexity index is 602. The number of nitriles is 1. The van der Waals surface area contributed by atoms with Gasteiger partial charge in [0, 0.05) is 5.56 Å². The molecule has 0 aliphatic carbocycles. The van der Waals surface area contributed by atoms with Crippen LogP contribution in [-0.4, -0.2) is 26.2 Å². The summed E-state index contributed by atoms with van der Waals surface area (Å²) in [5.41, 5.74) is 5.01. The monoisotopic (exact) mass is 275 g/mol. The largest absolute Gasteiger partial charge is 0.497 e. The molecule has 0 heterocycles. The fourth-order valence-electron chi connectivity index (χ4n) is 1.44. The van der Waals surface area contributed by atoms with Gasteiger partial charge in [0.2, 0.25) is 0 Å². The fraction of sp³-hybridized carbons (Fsp3) is 0.154. The summed E-state index contributed by atoms with van der Waals surface area (Å²) in [7, 11) is 2.94. The number of imide groups is 1. The number of nitrogens with zero attached hydrogens (tertiary/aromatic N) is 1. The van der Waals surface area contributed by atoms with E-state index in [0.29, 0.717) is 17.1 Å². The average Bonchev–Trinajstić information content (AvgIpc) is 2.43. The summed E-state index contributed by atoms with van der Waals surface area (Å²) in [6.45, 7) is 0. The van der Waals surface area contributed by atoms with Crippen LogP contribution in [0.15, 0.2) is 23.8 Å². The van der Waals surface area contributed by atoms with Crippen molar-refractivity contribution in [3.05, 3.63) is 29.3 Å². The van der Waals surface area contributed by atoms with Crippen molar-refractivity contribution < 1.29 is 19.1 Å². The summed E-state index contributed by atoms with van der Waals surface area (Å²) in [5.74, 6) is 0.0972. The van der Waals surface area contributed by atoms with Gasteiger partial charge in [0.05, 0.1) is 14.2 Å². The van der Waals surface area contributed by atoms with Gasteiger partial charge >= 0.3 is 6.03 Å². The molecule has 0 fully saturated rings. The highest BCUT2D eigenvalue weighted by atomic mass is 16.5. The molecule has 3 amide bonds. The summed E-state index contributed by atoms with van der Waals surface area (Å²) in [4.78, 5) is 22.2. The summed E-state index contributed by atoms with van der Waals surface area (Å²) in [5, 5.41) is 10.8. The predicted molar refractivity (Wildman–Crippen MR) is 70.9 cm³/mol. The molecule has 0 saturated heterocycles. The van der Waals surface area contributed by atoms with Gasteiger partial charge in [0.1, 0.15) is 23.1 Å². The molecule has 1 aromatic rings. The van der Waals surface area contributed by atoms with E-state index in [-0.39, 0.29) is 5.57 Å². The smallest absolute Gasteiger partial charge is 0.319 e. The number of hydrogen-bond donors (Lipinski definition) is 2. The Kier molecular flexibility index (Phi) is 5.12. The molecule has 0 radical (unpaired) electrons. The van der Waals surface area contributed by atoms with Crippen LogP contribution in [0.5, 0.6) is 11.5 Å². The van der Waals surface area contributed by atoms with Crippen LogP contribution >= 0.6 is 0 Å². The number of benzene rings is 1. The Hall–Kier alpha value is -3.01. The molecule has 0 unspecified atom stereocenters. The van der Waals surface area contributed by atoms with E-state index in [0.717, 1.165) is 0 Å². The van der Waals surface area contributed by atoms with Gasteiger partial charge in [-0.05, 0) is 24.3 Å². The van der Waals surface area contributed by atoms with Gasteiger partial charge in [-0.1, -0.05) is 0 Å². The molecule has 7 nitrogen and oxygen atoms in total. The van der Waals surface area contributed by atoms with E-state index < -0.39 is 11.9 Å². The standard InChI is InChI=1S/C13H13N3O4/c1-19-10-3-4-11(20-2)8(6-10)5-9(7-14)12(17)16-13(15)18/h3-6H,1-2H3,(H3,15,16,17,18)/b9-5-. The molecule has 1 aromatic carbocycles. The van der Waals surface area contributed by atoms with E-state index >= 15 is 0 Å². The van der Waals surface area contributed by atoms with Crippen molar-refractivity contribution >= 4 is 18.0 Å². The summed E-state index contributed by atoms with van der Waals surface area (Å²) < 4.78 is 10.2. The van der Waals surface area contributed by atoms with Crippen molar-refractivity contribution in [1.29, 1.82) is 5.26 Å². The Morgan fingerprint density at radius 1 is 1.35 bits per heavy atom. The molecule has 7 heteroatoms. The number of carbonyl (C=O) groups excluding carboxylic acids is 2. The predicted octanol–water partition coefficient (Wildman–Crippen LogP) is 0.806. The SMILES string of the molecule is COc1ccc(OC)c(/C=C(/C#N)C(=O)NC(N)=O)c1. The fourth-order valence-corrected chi connectivity index (χ4v) is 1.44. The third kappa shape index (κ3) is 3.74. The van der Waals surface area contributed by atoms with Crippen molar-refractivity contribution in [2.75, 3.05) is 14.2 Å². The zero-order valence-corrected chi connectivity index (χ0v) is 11.0. The number of rotatable bonds is 4. The van der Waals surface area contributed by atoms with Crippen molar-refractivity contribution in [3.63, 3.8) is 0 Å². The lowest BCUT2D eigenvalue weighted by Gasteiger charge is -2.07. The van der Waals surface area contributed by atoms with Crippen LogP contribution in [0.2, 0.25) is 0 Å². The first-order valence-corrected chi connectivity index (χ1v) is 5.46. The molecule has 0 aromatic heterocycles. The van der Waals surface area contributed by atoms with Crippen LogP contribution < -0.4 is 20.5 Å². The van der Waals surface area contributed by atoms with Crippen LogP contribution in [-0.2, 0) is 4.79 Å². The molecular weight excluding hydrogens is 262 g/mol. The molecule has 0 bridgehead atoms. The van der Waals surface area contributed by atoms with Crippen LogP contribution in [0.3, 0.4) is 0 Å².